The summed E-state index contributed by atoms with van der Waals surface area (Å²) in [6, 6.07) is 40.8. The van der Waals surface area contributed by atoms with Crippen LogP contribution in [0.1, 0.15) is 50.7 Å². The number of para-hydroxylation sites is 1. The van der Waals surface area contributed by atoms with Gasteiger partial charge >= 0.3 is 0 Å². The molecule has 49 heavy (non-hydrogen) atoms. The number of imidazole rings is 1. The van der Waals surface area contributed by atoms with Crippen LogP contribution in [0, 0.1) is 0 Å². The van der Waals surface area contributed by atoms with Crippen LogP contribution in [0.5, 0.6) is 11.5 Å². The first-order chi connectivity index (χ1) is 24.0. The minimum absolute atomic E-state index is 0.423. The fourth-order valence-corrected chi connectivity index (χ4v) is 7.59. The van der Waals surface area contributed by atoms with E-state index in [1.165, 1.54) is 33.0 Å². The predicted molar refractivity (Wildman–Crippen MR) is 202 cm³/mol. The average molecular weight is 637 g/mol. The molecule has 0 amide bonds. The van der Waals surface area contributed by atoms with E-state index < -0.39 is 0 Å². The minimum atomic E-state index is 0.423. The van der Waals surface area contributed by atoms with E-state index in [0.717, 1.165) is 55.7 Å². The Morgan fingerprint density at radius 3 is 2.00 bits per heavy atom. The zero-order chi connectivity index (χ0) is 33.2. The van der Waals surface area contributed by atoms with Gasteiger partial charge in [-0.15, -0.1) is 0 Å². The fourth-order valence-electron chi connectivity index (χ4n) is 7.59. The largest absolute Gasteiger partial charge is 0.457 e. The molecule has 0 spiro atoms. The van der Waals surface area contributed by atoms with Gasteiger partial charge in [0.05, 0.1) is 16.6 Å². The molecule has 0 saturated carbocycles. The molecule has 0 saturated heterocycles. The molecule has 238 valence electrons. The molecule has 0 aliphatic carbocycles. The topological polar surface area (TPSA) is 44.3 Å². The number of pyridine rings is 2. The molecule has 9 aromatic rings. The van der Waals surface area contributed by atoms with Gasteiger partial charge < -0.3 is 4.74 Å². The van der Waals surface area contributed by atoms with Crippen molar-refractivity contribution in [3.8, 4) is 28.4 Å². The fraction of sp³-hybridized carbons (Fsp3) is 0.136. The highest BCUT2D eigenvalue weighted by atomic mass is 16.5. The average Bonchev–Trinajstić information content (AvgIpc) is 3.75. The molecule has 0 fully saturated rings. The second-order valence-corrected chi connectivity index (χ2v) is 13.5. The summed E-state index contributed by atoms with van der Waals surface area (Å²) < 4.78 is 11.0. The first-order valence-electron chi connectivity index (χ1n) is 17.0. The summed E-state index contributed by atoms with van der Waals surface area (Å²) >= 11 is 0. The lowest BCUT2D eigenvalue weighted by Gasteiger charge is -2.20. The maximum atomic E-state index is 6.60. The van der Waals surface area contributed by atoms with Gasteiger partial charge in [0.15, 0.2) is 0 Å². The van der Waals surface area contributed by atoms with E-state index >= 15 is 0 Å². The van der Waals surface area contributed by atoms with Crippen molar-refractivity contribution in [2.45, 2.75) is 39.5 Å². The van der Waals surface area contributed by atoms with Gasteiger partial charge in [0, 0.05) is 46.2 Å². The van der Waals surface area contributed by atoms with Crippen molar-refractivity contribution in [3.05, 3.63) is 145 Å². The third-order valence-electron chi connectivity index (χ3n) is 9.84. The van der Waals surface area contributed by atoms with Crippen LogP contribution in [0.2, 0.25) is 0 Å². The molecule has 5 nitrogen and oxygen atoms in total. The van der Waals surface area contributed by atoms with Gasteiger partial charge in [-0.2, -0.15) is 0 Å². The Morgan fingerprint density at radius 1 is 0.531 bits per heavy atom. The molecule has 9 rings (SSSR count). The zero-order valence-electron chi connectivity index (χ0n) is 28.1. The number of nitrogens with zero attached hydrogens (tertiary/aromatic N) is 4. The Labute approximate surface area is 285 Å². The normalized spacial score (nSPS) is 12.0. The van der Waals surface area contributed by atoms with Crippen molar-refractivity contribution < 1.29 is 4.74 Å². The summed E-state index contributed by atoms with van der Waals surface area (Å²) in [6.45, 7) is 9.12. The molecule has 0 radical (unpaired) electrons. The quantitative estimate of drug-likeness (QED) is 0.171. The van der Waals surface area contributed by atoms with Crippen LogP contribution < -0.4 is 4.74 Å². The van der Waals surface area contributed by atoms with Crippen molar-refractivity contribution in [1.82, 2.24) is 18.9 Å². The number of fused-ring (bicyclic) bond motifs is 9. The smallest absolute Gasteiger partial charge is 0.145 e. The molecule has 0 unspecified atom stereocenters. The Hall–Kier alpha value is -5.94. The van der Waals surface area contributed by atoms with Crippen LogP contribution in [-0.4, -0.2) is 18.9 Å². The summed E-state index contributed by atoms with van der Waals surface area (Å²) in [6.07, 6.45) is 5.79. The third-order valence-corrected chi connectivity index (χ3v) is 9.84. The molecular formula is C44H36N4O. The molecule has 0 bridgehead atoms. The zero-order valence-corrected chi connectivity index (χ0v) is 28.1. The lowest BCUT2D eigenvalue weighted by molar-refractivity contribution is 0.484. The van der Waals surface area contributed by atoms with Crippen LogP contribution in [0.4, 0.5) is 0 Å². The summed E-state index contributed by atoms with van der Waals surface area (Å²) in [5.41, 5.74) is 9.59. The predicted octanol–water partition coefficient (Wildman–Crippen LogP) is 11.8. The van der Waals surface area contributed by atoms with Gasteiger partial charge in [0.2, 0.25) is 0 Å². The highest BCUT2D eigenvalue weighted by Crippen LogP contribution is 2.40. The number of benzene rings is 5. The van der Waals surface area contributed by atoms with Gasteiger partial charge in [-0.25, -0.2) is 9.97 Å². The highest BCUT2D eigenvalue weighted by molar-refractivity contribution is 6.13. The van der Waals surface area contributed by atoms with Crippen LogP contribution in [-0.2, 0) is 0 Å². The molecule has 0 atom stereocenters. The molecule has 4 aromatic heterocycles. The molecule has 0 N–H and O–H groups in total. The first-order valence-corrected chi connectivity index (χ1v) is 17.0. The first kappa shape index (κ1) is 29.2. The van der Waals surface area contributed by atoms with Crippen LogP contribution in [0.3, 0.4) is 0 Å². The number of ether oxygens (including phenoxy) is 1. The second kappa shape index (κ2) is 11.3. The third kappa shape index (κ3) is 4.68. The summed E-state index contributed by atoms with van der Waals surface area (Å²) in [4.78, 5) is 9.52. The van der Waals surface area contributed by atoms with Crippen molar-refractivity contribution in [1.29, 1.82) is 0 Å². The molecule has 5 aromatic carbocycles. The van der Waals surface area contributed by atoms with Gasteiger partial charge in [-0.05, 0) is 94.1 Å². The lowest BCUT2D eigenvalue weighted by atomic mass is 9.84. The number of rotatable bonds is 6. The summed E-state index contributed by atoms with van der Waals surface area (Å²) in [5, 5.41) is 5.74. The molecule has 4 heterocycles. The van der Waals surface area contributed by atoms with Crippen molar-refractivity contribution in [2.24, 2.45) is 0 Å². The Balaban J connectivity index is 1.17. The molecule has 0 aliphatic heterocycles. The van der Waals surface area contributed by atoms with Gasteiger partial charge in [-0.3, -0.25) is 8.97 Å². The SMILES string of the molecule is CC(C)c1cccc(C(C)C)c1-c1ccc2c3ccc(Oc4ccc5c6ccccc6n(-c6ccccn6)c5c4)cc3c3nccn3c2c1. The summed E-state index contributed by atoms with van der Waals surface area (Å²) in [5.74, 6) is 3.25. The van der Waals surface area contributed by atoms with Crippen LogP contribution in [0.25, 0.3) is 66.1 Å². The second-order valence-electron chi connectivity index (χ2n) is 13.5. The van der Waals surface area contributed by atoms with E-state index in [1.807, 2.05) is 30.6 Å². The monoisotopic (exact) mass is 636 g/mol. The van der Waals surface area contributed by atoms with E-state index in [9.17, 15) is 0 Å². The Morgan fingerprint density at radius 2 is 1.22 bits per heavy atom. The van der Waals surface area contributed by atoms with E-state index in [-0.39, 0.29) is 0 Å². The molecular weight excluding hydrogens is 601 g/mol. The van der Waals surface area contributed by atoms with Gasteiger partial charge in [0.1, 0.15) is 23.0 Å². The van der Waals surface area contributed by atoms with E-state index in [0.29, 0.717) is 11.8 Å². The maximum Gasteiger partial charge on any atom is 0.145 e. The molecule has 0 aliphatic rings. The Bertz CT molecular complexity index is 2670. The van der Waals surface area contributed by atoms with Crippen molar-refractivity contribution in [3.63, 3.8) is 0 Å². The summed E-state index contributed by atoms with van der Waals surface area (Å²) in [7, 11) is 0. The van der Waals surface area contributed by atoms with E-state index in [1.54, 1.807) is 0 Å². The van der Waals surface area contributed by atoms with E-state index in [2.05, 4.69) is 145 Å². The van der Waals surface area contributed by atoms with Crippen molar-refractivity contribution in [2.75, 3.05) is 0 Å². The highest BCUT2D eigenvalue weighted by Gasteiger charge is 2.19. The number of aromatic nitrogens is 4. The van der Waals surface area contributed by atoms with Gasteiger partial charge in [-0.1, -0.05) is 82.3 Å². The maximum absolute atomic E-state index is 6.60. The van der Waals surface area contributed by atoms with Gasteiger partial charge in [0.25, 0.3) is 0 Å². The van der Waals surface area contributed by atoms with Crippen LogP contribution >= 0.6 is 0 Å². The standard InChI is InChI=1S/C44H36N4O/c1-27(2)32-11-9-12-33(28(3)4)43(32)29-15-18-36-34-19-16-30(25-38(34)44-46-22-23-47(44)40(36)24-29)49-31-17-20-37-35-10-5-6-13-39(35)48(41(37)26-31)42-14-7-8-21-45-42/h5-28H,1-4H3. The minimum Gasteiger partial charge on any atom is -0.457 e. The lowest BCUT2D eigenvalue weighted by Crippen LogP contribution is -2.00. The molecule has 5 heteroatoms. The Kier molecular flexibility index (Phi) is 6.76. The van der Waals surface area contributed by atoms with Crippen LogP contribution in [0.15, 0.2) is 134 Å². The van der Waals surface area contributed by atoms with Crippen molar-refractivity contribution >= 4 is 49.1 Å². The number of hydrogen-bond donors (Lipinski definition) is 0. The van der Waals surface area contributed by atoms with E-state index in [4.69, 9.17) is 9.72 Å². The number of hydrogen-bond acceptors (Lipinski definition) is 3.